The van der Waals surface area contributed by atoms with Gasteiger partial charge in [0.15, 0.2) is 0 Å². The summed E-state index contributed by atoms with van der Waals surface area (Å²) in [6.07, 6.45) is 0. The van der Waals surface area contributed by atoms with E-state index in [2.05, 4.69) is 5.32 Å². The molecular formula is C12H15N3O5. The highest BCUT2D eigenvalue weighted by molar-refractivity contribution is 5.80. The molecule has 0 aromatic heterocycles. The van der Waals surface area contributed by atoms with Crippen molar-refractivity contribution in [2.75, 3.05) is 13.1 Å². The minimum absolute atomic E-state index is 0.0605. The largest absolute Gasteiger partial charge is 0.480 e. The van der Waals surface area contributed by atoms with Gasteiger partial charge in [-0.3, -0.25) is 14.9 Å². The average Bonchev–Trinajstić information content (AvgIpc) is 2.42. The van der Waals surface area contributed by atoms with E-state index in [0.717, 1.165) is 4.90 Å². The molecule has 0 heterocycles. The van der Waals surface area contributed by atoms with Gasteiger partial charge in [-0.1, -0.05) is 12.1 Å². The smallest absolute Gasteiger partial charge is 0.323 e. The van der Waals surface area contributed by atoms with Crippen LogP contribution in [0.1, 0.15) is 12.5 Å². The van der Waals surface area contributed by atoms with Crippen LogP contribution in [-0.2, 0) is 11.3 Å². The quantitative estimate of drug-likeness (QED) is 0.601. The van der Waals surface area contributed by atoms with E-state index in [1.54, 1.807) is 13.0 Å². The maximum atomic E-state index is 11.7. The number of nitro benzene ring substituents is 1. The van der Waals surface area contributed by atoms with Crippen molar-refractivity contribution in [2.45, 2.75) is 13.5 Å². The predicted molar refractivity (Wildman–Crippen MR) is 70.2 cm³/mol. The highest BCUT2D eigenvalue weighted by atomic mass is 16.6. The van der Waals surface area contributed by atoms with Crippen LogP contribution in [0.25, 0.3) is 0 Å². The summed E-state index contributed by atoms with van der Waals surface area (Å²) in [5.74, 6) is -1.10. The zero-order valence-corrected chi connectivity index (χ0v) is 10.9. The molecule has 0 unspecified atom stereocenters. The highest BCUT2D eigenvalue weighted by Crippen LogP contribution is 2.12. The summed E-state index contributed by atoms with van der Waals surface area (Å²) < 4.78 is 0. The minimum Gasteiger partial charge on any atom is -0.480 e. The van der Waals surface area contributed by atoms with E-state index in [-0.39, 0.29) is 18.8 Å². The molecule has 0 bridgehead atoms. The van der Waals surface area contributed by atoms with Gasteiger partial charge in [-0.2, -0.15) is 0 Å². The molecule has 0 atom stereocenters. The van der Waals surface area contributed by atoms with Crippen LogP contribution in [0.15, 0.2) is 24.3 Å². The van der Waals surface area contributed by atoms with E-state index >= 15 is 0 Å². The molecule has 0 spiro atoms. The first-order valence-corrected chi connectivity index (χ1v) is 5.92. The molecule has 0 fully saturated rings. The number of non-ortho nitro benzene ring substituents is 1. The number of urea groups is 1. The van der Waals surface area contributed by atoms with E-state index in [4.69, 9.17) is 5.11 Å². The van der Waals surface area contributed by atoms with Crippen molar-refractivity contribution in [3.05, 3.63) is 39.9 Å². The number of carbonyl (C=O) groups is 2. The van der Waals surface area contributed by atoms with Crippen LogP contribution in [0.4, 0.5) is 10.5 Å². The van der Waals surface area contributed by atoms with Crippen molar-refractivity contribution in [1.29, 1.82) is 0 Å². The molecular weight excluding hydrogens is 266 g/mol. The van der Waals surface area contributed by atoms with Gasteiger partial charge in [0.05, 0.1) is 4.92 Å². The minimum atomic E-state index is -1.10. The first-order chi connectivity index (χ1) is 9.43. The molecule has 0 saturated carbocycles. The Morgan fingerprint density at radius 2 is 2.15 bits per heavy atom. The Kier molecular flexibility index (Phi) is 5.45. The number of hydrogen-bond acceptors (Lipinski definition) is 4. The lowest BCUT2D eigenvalue weighted by Gasteiger charge is -2.19. The number of amides is 2. The van der Waals surface area contributed by atoms with Crippen molar-refractivity contribution in [3.8, 4) is 0 Å². The fourth-order valence-electron chi connectivity index (χ4n) is 1.56. The van der Waals surface area contributed by atoms with E-state index in [0.29, 0.717) is 5.56 Å². The Bertz CT molecular complexity index is 518. The van der Waals surface area contributed by atoms with Crippen LogP contribution in [0, 0.1) is 10.1 Å². The third-order valence-corrected chi connectivity index (χ3v) is 2.56. The molecule has 1 aromatic carbocycles. The molecule has 1 aromatic rings. The van der Waals surface area contributed by atoms with Gasteiger partial charge in [-0.15, -0.1) is 0 Å². The Balaban J connectivity index is 2.62. The summed E-state index contributed by atoms with van der Waals surface area (Å²) in [4.78, 5) is 33.5. The van der Waals surface area contributed by atoms with Gasteiger partial charge in [0.1, 0.15) is 6.54 Å². The number of nitro groups is 1. The number of rotatable bonds is 6. The summed E-state index contributed by atoms with van der Waals surface area (Å²) >= 11 is 0. The Labute approximate surface area is 115 Å². The first kappa shape index (κ1) is 15.4. The molecule has 0 radical (unpaired) electrons. The van der Waals surface area contributed by atoms with Gasteiger partial charge in [-0.05, 0) is 12.5 Å². The number of carboxylic acid groups (broad SMARTS) is 1. The van der Waals surface area contributed by atoms with Crippen LogP contribution in [-0.4, -0.2) is 40.0 Å². The first-order valence-electron chi connectivity index (χ1n) is 5.92. The number of aliphatic carboxylic acids is 1. The normalized spacial score (nSPS) is 9.85. The molecule has 8 nitrogen and oxygen atoms in total. The lowest BCUT2D eigenvalue weighted by Crippen LogP contribution is -2.42. The second-order valence-electron chi connectivity index (χ2n) is 3.99. The molecule has 0 aliphatic rings. The van der Waals surface area contributed by atoms with Gasteiger partial charge < -0.3 is 15.3 Å². The summed E-state index contributed by atoms with van der Waals surface area (Å²) in [5, 5.41) is 21.8. The van der Waals surface area contributed by atoms with Gasteiger partial charge in [0, 0.05) is 25.2 Å². The van der Waals surface area contributed by atoms with Crippen LogP contribution >= 0.6 is 0 Å². The molecule has 8 heteroatoms. The van der Waals surface area contributed by atoms with Crippen molar-refractivity contribution in [1.82, 2.24) is 10.2 Å². The molecule has 1 rings (SSSR count). The second-order valence-corrected chi connectivity index (χ2v) is 3.99. The molecule has 0 aliphatic heterocycles. The summed E-state index contributed by atoms with van der Waals surface area (Å²) in [7, 11) is 0. The van der Waals surface area contributed by atoms with Crippen LogP contribution in [0.2, 0.25) is 0 Å². The summed E-state index contributed by atoms with van der Waals surface area (Å²) in [5.41, 5.74) is 0.508. The lowest BCUT2D eigenvalue weighted by molar-refractivity contribution is -0.384. The van der Waals surface area contributed by atoms with E-state index in [1.807, 2.05) is 0 Å². The average molecular weight is 281 g/mol. The second kappa shape index (κ2) is 7.07. The fraction of sp³-hybridized carbons (Fsp3) is 0.333. The molecule has 2 amide bonds. The molecule has 2 N–H and O–H groups in total. The number of nitrogens with zero attached hydrogens (tertiary/aromatic N) is 2. The number of carboxylic acids is 1. The maximum absolute atomic E-state index is 11.7. The summed E-state index contributed by atoms with van der Waals surface area (Å²) in [6, 6.07) is 5.35. The predicted octanol–water partition coefficient (Wildman–Crippen LogP) is 1.21. The number of benzene rings is 1. The topological polar surface area (TPSA) is 113 Å². The van der Waals surface area contributed by atoms with Crippen molar-refractivity contribution in [2.24, 2.45) is 0 Å². The Hall–Kier alpha value is -2.64. The zero-order valence-electron chi connectivity index (χ0n) is 10.9. The summed E-state index contributed by atoms with van der Waals surface area (Å²) in [6.45, 7) is 1.62. The third kappa shape index (κ3) is 4.56. The van der Waals surface area contributed by atoms with Crippen molar-refractivity contribution in [3.63, 3.8) is 0 Å². The van der Waals surface area contributed by atoms with E-state index < -0.39 is 23.5 Å². The van der Waals surface area contributed by atoms with Gasteiger partial charge in [0.25, 0.3) is 5.69 Å². The highest BCUT2D eigenvalue weighted by Gasteiger charge is 2.14. The van der Waals surface area contributed by atoms with Crippen molar-refractivity contribution >= 4 is 17.7 Å². The van der Waals surface area contributed by atoms with E-state index in [9.17, 15) is 19.7 Å². The monoisotopic (exact) mass is 281 g/mol. The van der Waals surface area contributed by atoms with Crippen molar-refractivity contribution < 1.29 is 19.6 Å². The molecule has 0 aliphatic carbocycles. The lowest BCUT2D eigenvalue weighted by atomic mass is 10.2. The zero-order chi connectivity index (χ0) is 15.1. The van der Waals surface area contributed by atoms with Gasteiger partial charge in [0.2, 0.25) is 0 Å². The van der Waals surface area contributed by atoms with Crippen LogP contribution in [0.5, 0.6) is 0 Å². The molecule has 20 heavy (non-hydrogen) atoms. The number of hydrogen-bond donors (Lipinski definition) is 2. The van der Waals surface area contributed by atoms with Crippen LogP contribution in [0.3, 0.4) is 0 Å². The Morgan fingerprint density at radius 1 is 1.45 bits per heavy atom. The fourth-order valence-corrected chi connectivity index (χ4v) is 1.56. The SMILES string of the molecule is CCN(CC(=O)O)C(=O)NCc1cccc([N+](=O)[O-])c1. The van der Waals surface area contributed by atoms with Crippen LogP contribution < -0.4 is 5.32 Å². The molecule has 0 saturated heterocycles. The number of nitrogens with one attached hydrogen (secondary N) is 1. The molecule has 108 valence electrons. The number of carbonyl (C=O) groups excluding carboxylic acids is 1. The number of likely N-dealkylation sites (N-methyl/N-ethyl adjacent to an activating group) is 1. The Morgan fingerprint density at radius 3 is 2.70 bits per heavy atom. The maximum Gasteiger partial charge on any atom is 0.323 e. The van der Waals surface area contributed by atoms with Gasteiger partial charge >= 0.3 is 12.0 Å². The van der Waals surface area contributed by atoms with E-state index in [1.165, 1.54) is 18.2 Å². The van der Waals surface area contributed by atoms with Gasteiger partial charge in [-0.25, -0.2) is 4.79 Å². The standard InChI is InChI=1S/C12H15N3O5/c1-2-14(8-11(16)17)12(18)13-7-9-4-3-5-10(6-9)15(19)20/h3-6H,2,7-8H2,1H3,(H,13,18)(H,16,17). The third-order valence-electron chi connectivity index (χ3n) is 2.56.